The van der Waals surface area contributed by atoms with Crippen LogP contribution < -0.4 is 0 Å². The first kappa shape index (κ1) is 27.7. The number of rotatable bonds is 8. The quantitative estimate of drug-likeness (QED) is 0.298. The standard InChI is InChI=1S/C22H28F6O7/c1-7-19(8-2,35-18(5,6)20(31,21(23,24)25)22(26,27)28)11-10-12-14(34-17(10)30)15(13(11)32-12)33-16(29)9(3)4/h10-15,31H,3,7-8H2,1-2,4-6H3. The molecule has 0 radical (unpaired) electrons. The van der Waals surface area contributed by atoms with E-state index >= 15 is 0 Å². The molecule has 35 heavy (non-hydrogen) atoms. The third-order valence-corrected chi connectivity index (χ3v) is 7.45. The van der Waals surface area contributed by atoms with Gasteiger partial charge in [0.25, 0.3) is 5.60 Å². The molecule has 3 rings (SSSR count). The molecule has 3 aliphatic rings. The number of carbonyl (C=O) groups excluding carboxylic acids is 2. The summed E-state index contributed by atoms with van der Waals surface area (Å²) in [6.07, 6.45) is -16.7. The van der Waals surface area contributed by atoms with Crippen molar-refractivity contribution in [2.45, 2.75) is 101 Å². The Balaban J connectivity index is 2.07. The summed E-state index contributed by atoms with van der Waals surface area (Å²) in [6, 6.07) is 0. The third-order valence-electron chi connectivity index (χ3n) is 7.45. The Labute approximate surface area is 197 Å². The lowest BCUT2D eigenvalue weighted by atomic mass is 9.66. The van der Waals surface area contributed by atoms with Crippen LogP contribution in [0.25, 0.3) is 0 Å². The average molecular weight is 518 g/mol. The Bertz CT molecular complexity index is 878. The van der Waals surface area contributed by atoms with Crippen LogP contribution in [0.4, 0.5) is 26.3 Å². The van der Waals surface area contributed by atoms with Crippen LogP contribution in [0.2, 0.25) is 0 Å². The van der Waals surface area contributed by atoms with E-state index in [1.54, 1.807) is 0 Å². The maximum atomic E-state index is 13.7. The second-order valence-electron chi connectivity index (χ2n) is 9.76. The van der Waals surface area contributed by atoms with E-state index in [-0.39, 0.29) is 18.4 Å². The molecule has 6 unspecified atom stereocenters. The molecule has 0 aromatic heterocycles. The Kier molecular flexibility index (Phi) is 6.60. The van der Waals surface area contributed by atoms with Gasteiger partial charge in [0.15, 0.2) is 12.2 Å². The second kappa shape index (κ2) is 8.34. The highest BCUT2D eigenvalue weighted by atomic mass is 19.4. The minimum Gasteiger partial charge on any atom is -0.455 e. The van der Waals surface area contributed by atoms with Crippen LogP contribution in [0.15, 0.2) is 12.2 Å². The van der Waals surface area contributed by atoms with Gasteiger partial charge in [0, 0.05) is 11.5 Å². The Morgan fingerprint density at radius 1 is 1.03 bits per heavy atom. The first-order valence-electron chi connectivity index (χ1n) is 11.1. The predicted octanol–water partition coefficient (Wildman–Crippen LogP) is 3.62. The number of alkyl halides is 6. The number of esters is 2. The van der Waals surface area contributed by atoms with Crippen molar-refractivity contribution in [1.82, 2.24) is 0 Å². The van der Waals surface area contributed by atoms with E-state index in [1.165, 1.54) is 20.8 Å². The van der Waals surface area contributed by atoms with Crippen molar-refractivity contribution in [2.24, 2.45) is 11.8 Å². The molecule has 0 spiro atoms. The maximum Gasteiger partial charge on any atom is 0.429 e. The average Bonchev–Trinajstić information content (AvgIpc) is 3.33. The minimum absolute atomic E-state index is 0.0280. The molecular formula is C22H28F6O7. The summed E-state index contributed by atoms with van der Waals surface area (Å²) < 4.78 is 104. The van der Waals surface area contributed by atoms with Gasteiger partial charge in [-0.3, -0.25) is 4.79 Å². The number of carbonyl (C=O) groups is 2. The van der Waals surface area contributed by atoms with E-state index in [2.05, 4.69) is 6.58 Å². The van der Waals surface area contributed by atoms with Crippen LogP contribution in [0.1, 0.15) is 47.5 Å². The summed E-state index contributed by atoms with van der Waals surface area (Å²) in [5, 5.41) is 10.1. The SMILES string of the molecule is C=C(C)C(=O)OC1C2OC(=O)C3C2OC1C3C(CC)(CC)OC(C)(C)C(O)(C(F)(F)F)C(F)(F)F. The molecular weight excluding hydrogens is 490 g/mol. The van der Waals surface area contributed by atoms with Crippen molar-refractivity contribution >= 4 is 11.9 Å². The molecule has 3 heterocycles. The lowest BCUT2D eigenvalue weighted by molar-refractivity contribution is -0.423. The lowest BCUT2D eigenvalue weighted by Crippen LogP contribution is -2.72. The van der Waals surface area contributed by atoms with E-state index in [9.17, 15) is 41.0 Å². The van der Waals surface area contributed by atoms with Crippen molar-refractivity contribution in [3.63, 3.8) is 0 Å². The molecule has 0 aromatic rings. The van der Waals surface area contributed by atoms with Crippen LogP contribution in [0.5, 0.6) is 0 Å². The zero-order valence-electron chi connectivity index (χ0n) is 19.7. The molecule has 1 N–H and O–H groups in total. The fourth-order valence-electron chi connectivity index (χ4n) is 5.67. The smallest absolute Gasteiger partial charge is 0.429 e. The minimum atomic E-state index is -6.13. The van der Waals surface area contributed by atoms with Gasteiger partial charge in [-0.2, -0.15) is 26.3 Å². The molecule has 6 atom stereocenters. The van der Waals surface area contributed by atoms with E-state index in [0.29, 0.717) is 13.8 Å². The summed E-state index contributed by atoms with van der Waals surface area (Å²) in [5.74, 6) is -3.80. The normalized spacial score (nSPS) is 31.0. The third kappa shape index (κ3) is 3.85. The number of halogens is 6. The molecule has 200 valence electrons. The van der Waals surface area contributed by atoms with Gasteiger partial charge >= 0.3 is 24.3 Å². The summed E-state index contributed by atoms with van der Waals surface area (Å²) >= 11 is 0. The molecule has 3 fully saturated rings. The molecule has 0 saturated carbocycles. The van der Waals surface area contributed by atoms with Crippen LogP contribution in [-0.4, -0.2) is 70.6 Å². The molecule has 0 aliphatic carbocycles. The van der Waals surface area contributed by atoms with Gasteiger partial charge in [0.05, 0.1) is 11.5 Å². The molecule has 0 aromatic carbocycles. The van der Waals surface area contributed by atoms with E-state index in [4.69, 9.17) is 18.9 Å². The largest absolute Gasteiger partial charge is 0.455 e. The zero-order chi connectivity index (χ0) is 26.9. The van der Waals surface area contributed by atoms with Crippen molar-refractivity contribution in [3.05, 3.63) is 12.2 Å². The highest BCUT2D eigenvalue weighted by Gasteiger charge is 2.80. The van der Waals surface area contributed by atoms with Crippen LogP contribution in [0.3, 0.4) is 0 Å². The van der Waals surface area contributed by atoms with E-state index in [0.717, 1.165) is 0 Å². The van der Waals surface area contributed by atoms with Crippen LogP contribution >= 0.6 is 0 Å². The maximum absolute atomic E-state index is 13.7. The highest BCUT2D eigenvalue weighted by molar-refractivity contribution is 5.87. The predicted molar refractivity (Wildman–Crippen MR) is 106 cm³/mol. The van der Waals surface area contributed by atoms with Gasteiger partial charge in [-0.05, 0) is 33.6 Å². The molecule has 2 bridgehead atoms. The summed E-state index contributed by atoms with van der Waals surface area (Å²) in [4.78, 5) is 24.9. The van der Waals surface area contributed by atoms with Crippen LogP contribution in [0, 0.1) is 11.8 Å². The first-order valence-corrected chi connectivity index (χ1v) is 11.1. The van der Waals surface area contributed by atoms with Crippen molar-refractivity contribution in [3.8, 4) is 0 Å². The number of hydrogen-bond acceptors (Lipinski definition) is 7. The summed E-state index contributed by atoms with van der Waals surface area (Å²) in [7, 11) is 0. The highest BCUT2D eigenvalue weighted by Crippen LogP contribution is 2.59. The van der Waals surface area contributed by atoms with Gasteiger partial charge in [-0.25, -0.2) is 4.79 Å². The number of hydrogen-bond donors (Lipinski definition) is 1. The molecule has 13 heteroatoms. The van der Waals surface area contributed by atoms with E-state index in [1.807, 2.05) is 0 Å². The second-order valence-corrected chi connectivity index (χ2v) is 9.76. The topological polar surface area (TPSA) is 91.3 Å². The van der Waals surface area contributed by atoms with E-state index < -0.39 is 77.3 Å². The lowest BCUT2D eigenvalue weighted by Gasteiger charge is -2.52. The zero-order valence-corrected chi connectivity index (χ0v) is 19.7. The van der Waals surface area contributed by atoms with Crippen molar-refractivity contribution in [2.75, 3.05) is 0 Å². The monoisotopic (exact) mass is 518 g/mol. The number of fused-ring (bicyclic) bond motifs is 1. The molecule has 3 aliphatic heterocycles. The number of aliphatic hydroxyl groups is 1. The van der Waals surface area contributed by atoms with Gasteiger partial charge in [-0.15, -0.1) is 0 Å². The summed E-state index contributed by atoms with van der Waals surface area (Å²) in [6.45, 7) is 8.78. The molecule has 3 saturated heterocycles. The van der Waals surface area contributed by atoms with Crippen molar-refractivity contribution in [1.29, 1.82) is 0 Å². The van der Waals surface area contributed by atoms with Gasteiger partial charge in [0.1, 0.15) is 17.8 Å². The molecule has 7 nitrogen and oxygen atoms in total. The Morgan fingerprint density at radius 2 is 1.54 bits per heavy atom. The first-order chi connectivity index (χ1) is 15.8. The van der Waals surface area contributed by atoms with Crippen molar-refractivity contribution < 1.29 is 60.0 Å². The fourth-order valence-corrected chi connectivity index (χ4v) is 5.67. The van der Waals surface area contributed by atoms with Crippen LogP contribution in [-0.2, 0) is 28.5 Å². The fraction of sp³-hybridized carbons (Fsp3) is 0.818. The van der Waals surface area contributed by atoms with Gasteiger partial charge < -0.3 is 24.1 Å². The Morgan fingerprint density at radius 3 is 1.97 bits per heavy atom. The number of ether oxygens (including phenoxy) is 4. The Hall–Kier alpha value is -1.86. The molecule has 0 amide bonds. The summed E-state index contributed by atoms with van der Waals surface area (Å²) in [5.41, 5.74) is -10.3. The van der Waals surface area contributed by atoms with Gasteiger partial charge in [0.2, 0.25) is 0 Å². The van der Waals surface area contributed by atoms with Gasteiger partial charge in [-0.1, -0.05) is 20.4 Å².